The molecule has 0 aromatic heterocycles. The standard InChI is InChI=1S/C17H27NO3S/c1-4-18(5-2)11-12-21-17(19)14-22-13-15-7-9-16(10-8-15)20-6-3/h7-10H,4-6,11-14H2,1-3H3. The number of hydrogen-bond acceptors (Lipinski definition) is 5. The first-order valence-corrected chi connectivity index (χ1v) is 9.02. The van der Waals surface area contributed by atoms with Gasteiger partial charge in [-0.15, -0.1) is 11.8 Å². The maximum Gasteiger partial charge on any atom is 0.315 e. The fourth-order valence-corrected chi connectivity index (χ4v) is 2.75. The molecule has 0 aliphatic rings. The van der Waals surface area contributed by atoms with Crippen LogP contribution in [0.3, 0.4) is 0 Å². The monoisotopic (exact) mass is 325 g/mol. The van der Waals surface area contributed by atoms with Crippen LogP contribution in [-0.4, -0.2) is 49.5 Å². The van der Waals surface area contributed by atoms with Gasteiger partial charge in [-0.1, -0.05) is 26.0 Å². The Hall–Kier alpha value is -1.20. The van der Waals surface area contributed by atoms with Crippen LogP contribution in [0, 0.1) is 0 Å². The second-order valence-electron chi connectivity index (χ2n) is 4.82. The molecule has 0 N–H and O–H groups in total. The van der Waals surface area contributed by atoms with Crippen LogP contribution in [0.1, 0.15) is 26.3 Å². The maximum atomic E-state index is 11.6. The number of hydrogen-bond donors (Lipinski definition) is 0. The second kappa shape index (κ2) is 11.4. The summed E-state index contributed by atoms with van der Waals surface area (Å²) < 4.78 is 10.6. The van der Waals surface area contributed by atoms with Crippen molar-refractivity contribution in [1.82, 2.24) is 4.90 Å². The number of benzene rings is 1. The molecule has 4 nitrogen and oxygen atoms in total. The van der Waals surface area contributed by atoms with Crippen LogP contribution >= 0.6 is 11.8 Å². The van der Waals surface area contributed by atoms with Gasteiger partial charge in [0.15, 0.2) is 0 Å². The lowest BCUT2D eigenvalue weighted by Crippen LogP contribution is -2.28. The molecule has 0 unspecified atom stereocenters. The molecule has 0 fully saturated rings. The summed E-state index contributed by atoms with van der Waals surface area (Å²) in [6.45, 7) is 10.1. The van der Waals surface area contributed by atoms with E-state index in [0.717, 1.165) is 31.1 Å². The fraction of sp³-hybridized carbons (Fsp3) is 0.588. The highest BCUT2D eigenvalue weighted by Gasteiger charge is 2.05. The SMILES string of the molecule is CCOc1ccc(CSCC(=O)OCCN(CC)CC)cc1. The highest BCUT2D eigenvalue weighted by atomic mass is 32.2. The van der Waals surface area contributed by atoms with Gasteiger partial charge in [0.1, 0.15) is 12.4 Å². The van der Waals surface area contributed by atoms with Gasteiger partial charge in [0.2, 0.25) is 0 Å². The molecule has 0 atom stereocenters. The van der Waals surface area contributed by atoms with Gasteiger partial charge < -0.3 is 14.4 Å². The molecule has 1 rings (SSSR count). The third-order valence-corrected chi connectivity index (χ3v) is 4.27. The number of likely N-dealkylation sites (N-methyl/N-ethyl adjacent to an activating group) is 1. The average Bonchev–Trinajstić information content (AvgIpc) is 2.53. The predicted molar refractivity (Wildman–Crippen MR) is 92.5 cm³/mol. The van der Waals surface area contributed by atoms with Crippen LogP contribution in [0.15, 0.2) is 24.3 Å². The lowest BCUT2D eigenvalue weighted by molar-refractivity contribution is -0.140. The van der Waals surface area contributed by atoms with Gasteiger partial charge in [-0.05, 0) is 37.7 Å². The number of carbonyl (C=O) groups is 1. The smallest absolute Gasteiger partial charge is 0.315 e. The Bertz CT molecular complexity index is 418. The van der Waals surface area contributed by atoms with Gasteiger partial charge in [-0.2, -0.15) is 0 Å². The van der Waals surface area contributed by atoms with Crippen molar-refractivity contribution in [3.63, 3.8) is 0 Å². The zero-order valence-electron chi connectivity index (χ0n) is 13.8. The Balaban J connectivity index is 2.16. The van der Waals surface area contributed by atoms with Crippen LogP contribution in [0.25, 0.3) is 0 Å². The predicted octanol–water partition coefficient (Wildman–Crippen LogP) is 3.20. The molecule has 5 heteroatoms. The summed E-state index contributed by atoms with van der Waals surface area (Å²) in [6, 6.07) is 7.98. The van der Waals surface area contributed by atoms with Gasteiger partial charge in [-0.3, -0.25) is 4.79 Å². The normalized spacial score (nSPS) is 10.7. The maximum absolute atomic E-state index is 11.6. The minimum atomic E-state index is -0.136. The van der Waals surface area contributed by atoms with E-state index in [1.165, 1.54) is 5.56 Å². The number of thioether (sulfide) groups is 1. The van der Waals surface area contributed by atoms with Crippen molar-refractivity contribution in [2.45, 2.75) is 26.5 Å². The summed E-state index contributed by atoms with van der Waals surface area (Å²) in [7, 11) is 0. The zero-order chi connectivity index (χ0) is 16.2. The molecule has 0 spiro atoms. The number of esters is 1. The quantitative estimate of drug-likeness (QED) is 0.584. The van der Waals surface area contributed by atoms with E-state index < -0.39 is 0 Å². The average molecular weight is 325 g/mol. The molecule has 0 aliphatic carbocycles. The number of nitrogens with zero attached hydrogens (tertiary/aromatic N) is 1. The second-order valence-corrected chi connectivity index (χ2v) is 5.80. The molecule has 0 radical (unpaired) electrons. The van der Waals surface area contributed by atoms with E-state index >= 15 is 0 Å². The van der Waals surface area contributed by atoms with Crippen molar-refractivity contribution in [3.05, 3.63) is 29.8 Å². The van der Waals surface area contributed by atoms with E-state index in [2.05, 4.69) is 18.7 Å². The van der Waals surface area contributed by atoms with Crippen molar-refractivity contribution in [3.8, 4) is 5.75 Å². The molecule has 1 aromatic carbocycles. The minimum Gasteiger partial charge on any atom is -0.494 e. The summed E-state index contributed by atoms with van der Waals surface area (Å²) in [4.78, 5) is 13.9. The van der Waals surface area contributed by atoms with Crippen molar-refractivity contribution in [2.75, 3.05) is 38.6 Å². The molecule has 0 saturated heterocycles. The van der Waals surface area contributed by atoms with E-state index in [1.807, 2.05) is 31.2 Å². The van der Waals surface area contributed by atoms with E-state index in [9.17, 15) is 4.79 Å². The van der Waals surface area contributed by atoms with Gasteiger partial charge >= 0.3 is 5.97 Å². The summed E-state index contributed by atoms with van der Waals surface area (Å²) in [5.41, 5.74) is 1.18. The van der Waals surface area contributed by atoms with Crippen LogP contribution in [0.4, 0.5) is 0 Å². The third-order valence-electron chi connectivity index (χ3n) is 3.29. The Morgan fingerprint density at radius 1 is 1.14 bits per heavy atom. The fourth-order valence-electron chi connectivity index (χ4n) is 1.97. The third kappa shape index (κ3) is 7.71. The molecule has 0 aliphatic heterocycles. The topological polar surface area (TPSA) is 38.8 Å². The lowest BCUT2D eigenvalue weighted by atomic mass is 10.2. The van der Waals surface area contributed by atoms with E-state index in [0.29, 0.717) is 19.0 Å². The van der Waals surface area contributed by atoms with E-state index in [1.54, 1.807) is 11.8 Å². The summed E-state index contributed by atoms with van der Waals surface area (Å²) >= 11 is 1.58. The van der Waals surface area contributed by atoms with Crippen LogP contribution in [0.5, 0.6) is 5.75 Å². The molecule has 0 amide bonds. The van der Waals surface area contributed by atoms with Crippen LogP contribution in [0.2, 0.25) is 0 Å². The highest BCUT2D eigenvalue weighted by Crippen LogP contribution is 2.17. The lowest BCUT2D eigenvalue weighted by Gasteiger charge is -2.17. The molecule has 124 valence electrons. The van der Waals surface area contributed by atoms with Gasteiger partial charge in [-0.25, -0.2) is 0 Å². The molecular formula is C17H27NO3S. The van der Waals surface area contributed by atoms with Gasteiger partial charge in [0.25, 0.3) is 0 Å². The molecule has 0 saturated carbocycles. The first kappa shape index (κ1) is 18.8. The number of rotatable bonds is 11. The summed E-state index contributed by atoms with van der Waals surface area (Å²) in [5.74, 6) is 1.94. The van der Waals surface area contributed by atoms with Crippen molar-refractivity contribution >= 4 is 17.7 Å². The Labute approximate surface area is 138 Å². The first-order chi connectivity index (χ1) is 10.7. The Morgan fingerprint density at radius 2 is 1.82 bits per heavy atom. The van der Waals surface area contributed by atoms with E-state index in [-0.39, 0.29) is 5.97 Å². The number of carbonyl (C=O) groups excluding carboxylic acids is 1. The van der Waals surface area contributed by atoms with Crippen molar-refractivity contribution < 1.29 is 14.3 Å². The molecule has 0 heterocycles. The zero-order valence-corrected chi connectivity index (χ0v) is 14.7. The van der Waals surface area contributed by atoms with Gasteiger partial charge in [0, 0.05) is 12.3 Å². The minimum absolute atomic E-state index is 0.136. The molecule has 22 heavy (non-hydrogen) atoms. The summed E-state index contributed by atoms with van der Waals surface area (Å²) in [6.07, 6.45) is 0. The summed E-state index contributed by atoms with van der Waals surface area (Å²) in [5, 5.41) is 0. The van der Waals surface area contributed by atoms with Crippen LogP contribution < -0.4 is 4.74 Å². The number of ether oxygens (including phenoxy) is 2. The van der Waals surface area contributed by atoms with Crippen LogP contribution in [-0.2, 0) is 15.3 Å². The molecule has 1 aromatic rings. The largest absolute Gasteiger partial charge is 0.494 e. The Kier molecular flexibility index (Phi) is 9.75. The molecule has 0 bridgehead atoms. The van der Waals surface area contributed by atoms with Crippen molar-refractivity contribution in [2.24, 2.45) is 0 Å². The molecular weight excluding hydrogens is 298 g/mol. The van der Waals surface area contributed by atoms with E-state index in [4.69, 9.17) is 9.47 Å². The Morgan fingerprint density at radius 3 is 2.41 bits per heavy atom. The first-order valence-electron chi connectivity index (χ1n) is 7.87. The van der Waals surface area contributed by atoms with Crippen molar-refractivity contribution in [1.29, 1.82) is 0 Å². The highest BCUT2D eigenvalue weighted by molar-refractivity contribution is 7.99. The van der Waals surface area contributed by atoms with Gasteiger partial charge in [0.05, 0.1) is 12.4 Å².